The van der Waals surface area contributed by atoms with Gasteiger partial charge in [-0.05, 0) is 31.2 Å². The van der Waals surface area contributed by atoms with Crippen molar-refractivity contribution in [3.63, 3.8) is 0 Å². The Kier molecular flexibility index (Phi) is 3.96. The van der Waals surface area contributed by atoms with Crippen molar-refractivity contribution in [2.45, 2.75) is 31.7 Å². The molecule has 0 saturated carbocycles. The Balaban J connectivity index is 1.73. The SMILES string of the molecule is CN1C(=O)CCC[C@H]2CN(C(=O)c3ccc(=O)[nH]n3)CC[C@H]21. The maximum Gasteiger partial charge on any atom is 0.274 e. The van der Waals surface area contributed by atoms with Crippen LogP contribution in [0.2, 0.25) is 0 Å². The molecular weight excluding hydrogens is 284 g/mol. The first-order valence-corrected chi connectivity index (χ1v) is 7.67. The predicted octanol–water partition coefficient (Wildman–Crippen LogP) is 0.243. The number of nitrogens with zero attached hydrogens (tertiary/aromatic N) is 3. The molecule has 0 spiro atoms. The normalized spacial score (nSPS) is 25.6. The summed E-state index contributed by atoms with van der Waals surface area (Å²) in [6.45, 7) is 1.25. The molecule has 2 aliphatic rings. The molecule has 1 aromatic heterocycles. The van der Waals surface area contributed by atoms with Crippen LogP contribution < -0.4 is 5.56 Å². The molecule has 0 aromatic carbocycles. The third-order valence-corrected chi connectivity index (χ3v) is 4.74. The van der Waals surface area contributed by atoms with Gasteiger partial charge in [-0.15, -0.1) is 0 Å². The molecule has 22 heavy (non-hydrogen) atoms. The van der Waals surface area contributed by atoms with Crippen LogP contribution >= 0.6 is 0 Å². The van der Waals surface area contributed by atoms with Crippen LogP contribution in [-0.2, 0) is 4.79 Å². The van der Waals surface area contributed by atoms with Crippen LogP contribution in [0.25, 0.3) is 0 Å². The average molecular weight is 304 g/mol. The molecular formula is C15H20N4O3. The lowest BCUT2D eigenvalue weighted by Crippen LogP contribution is -2.52. The first kappa shape index (κ1) is 14.7. The number of amides is 2. The maximum atomic E-state index is 12.5. The van der Waals surface area contributed by atoms with Gasteiger partial charge in [0.15, 0.2) is 0 Å². The Morgan fingerprint density at radius 1 is 1.32 bits per heavy atom. The molecule has 2 amide bonds. The van der Waals surface area contributed by atoms with E-state index >= 15 is 0 Å². The van der Waals surface area contributed by atoms with Crippen LogP contribution in [0.4, 0.5) is 0 Å². The van der Waals surface area contributed by atoms with E-state index < -0.39 is 0 Å². The standard InChI is InChI=1S/C15H20N4O3/c1-18-12-7-8-19(9-10(12)3-2-4-14(18)21)15(22)11-5-6-13(20)17-16-11/h5-6,10,12H,2-4,7-9H2,1H3,(H,17,20)/t10-,12+/m0/s1. The molecule has 0 bridgehead atoms. The number of H-pyrrole nitrogens is 1. The summed E-state index contributed by atoms with van der Waals surface area (Å²) < 4.78 is 0. The van der Waals surface area contributed by atoms with Gasteiger partial charge in [-0.2, -0.15) is 5.10 Å². The molecule has 0 radical (unpaired) electrons. The summed E-state index contributed by atoms with van der Waals surface area (Å²) in [7, 11) is 1.87. The summed E-state index contributed by atoms with van der Waals surface area (Å²) in [5, 5.41) is 6.10. The fraction of sp³-hybridized carbons (Fsp3) is 0.600. The average Bonchev–Trinajstić information content (AvgIpc) is 2.67. The van der Waals surface area contributed by atoms with E-state index in [4.69, 9.17) is 0 Å². The fourth-order valence-electron chi connectivity index (χ4n) is 3.50. The van der Waals surface area contributed by atoms with Crippen molar-refractivity contribution in [3.8, 4) is 0 Å². The summed E-state index contributed by atoms with van der Waals surface area (Å²) in [6.07, 6.45) is 3.23. The number of nitrogens with one attached hydrogen (secondary N) is 1. The molecule has 7 heteroatoms. The quantitative estimate of drug-likeness (QED) is 0.805. The predicted molar refractivity (Wildman–Crippen MR) is 79.3 cm³/mol. The van der Waals surface area contributed by atoms with Crippen molar-refractivity contribution in [1.82, 2.24) is 20.0 Å². The van der Waals surface area contributed by atoms with Crippen LogP contribution in [0.15, 0.2) is 16.9 Å². The molecule has 2 saturated heterocycles. The summed E-state index contributed by atoms with van der Waals surface area (Å²) in [4.78, 5) is 39.1. The Morgan fingerprint density at radius 3 is 2.86 bits per heavy atom. The van der Waals surface area contributed by atoms with Gasteiger partial charge in [0.2, 0.25) is 5.91 Å². The third kappa shape index (κ3) is 2.75. The van der Waals surface area contributed by atoms with Gasteiger partial charge < -0.3 is 9.80 Å². The molecule has 1 N–H and O–H groups in total. The topological polar surface area (TPSA) is 86.4 Å². The van der Waals surface area contributed by atoms with Crippen LogP contribution in [0.1, 0.15) is 36.2 Å². The van der Waals surface area contributed by atoms with Gasteiger partial charge in [0.05, 0.1) is 0 Å². The van der Waals surface area contributed by atoms with Crippen molar-refractivity contribution in [1.29, 1.82) is 0 Å². The zero-order valence-electron chi connectivity index (χ0n) is 12.6. The molecule has 2 atom stereocenters. The molecule has 3 heterocycles. The number of carbonyl (C=O) groups excluding carboxylic acids is 2. The highest BCUT2D eigenvalue weighted by Crippen LogP contribution is 2.29. The first-order valence-electron chi connectivity index (χ1n) is 7.67. The number of likely N-dealkylation sites (tertiary alicyclic amines) is 2. The molecule has 118 valence electrons. The van der Waals surface area contributed by atoms with Crippen molar-refractivity contribution >= 4 is 11.8 Å². The molecule has 0 unspecified atom stereocenters. The largest absolute Gasteiger partial charge is 0.342 e. The van der Waals surface area contributed by atoms with E-state index in [1.165, 1.54) is 12.1 Å². The third-order valence-electron chi connectivity index (χ3n) is 4.74. The van der Waals surface area contributed by atoms with Crippen molar-refractivity contribution in [2.75, 3.05) is 20.1 Å². The second kappa shape index (κ2) is 5.90. The lowest BCUT2D eigenvalue weighted by atomic mass is 9.88. The minimum atomic E-state index is -0.320. The number of hydrogen-bond acceptors (Lipinski definition) is 4. The van der Waals surface area contributed by atoms with Crippen molar-refractivity contribution < 1.29 is 9.59 Å². The van der Waals surface area contributed by atoms with Gasteiger partial charge >= 0.3 is 0 Å². The summed E-state index contributed by atoms with van der Waals surface area (Å²) in [6, 6.07) is 2.99. The van der Waals surface area contributed by atoms with E-state index in [0.717, 1.165) is 19.3 Å². The highest BCUT2D eigenvalue weighted by Gasteiger charge is 2.37. The van der Waals surface area contributed by atoms with E-state index in [0.29, 0.717) is 25.4 Å². The highest BCUT2D eigenvalue weighted by molar-refractivity contribution is 5.92. The second-order valence-corrected chi connectivity index (χ2v) is 6.07. The molecule has 1 aromatic rings. The Labute approximate surface area is 128 Å². The van der Waals surface area contributed by atoms with Crippen LogP contribution in [0.5, 0.6) is 0 Å². The Morgan fingerprint density at radius 2 is 2.14 bits per heavy atom. The minimum absolute atomic E-state index is 0.159. The Bertz CT molecular complexity index is 621. The number of carbonyl (C=O) groups is 2. The monoisotopic (exact) mass is 304 g/mol. The molecule has 0 aliphatic carbocycles. The first-order chi connectivity index (χ1) is 10.6. The molecule has 3 rings (SSSR count). The van der Waals surface area contributed by atoms with Crippen molar-refractivity contribution in [2.24, 2.45) is 5.92 Å². The number of rotatable bonds is 1. The Hall–Kier alpha value is -2.18. The van der Waals surface area contributed by atoms with E-state index in [1.54, 1.807) is 4.90 Å². The molecule has 7 nitrogen and oxygen atoms in total. The number of piperidine rings is 1. The van der Waals surface area contributed by atoms with E-state index in [2.05, 4.69) is 10.2 Å². The number of fused-ring (bicyclic) bond motifs is 1. The summed E-state index contributed by atoms with van der Waals surface area (Å²) in [5.41, 5.74) is -0.0599. The fourth-order valence-corrected chi connectivity index (χ4v) is 3.50. The van der Waals surface area contributed by atoms with Gasteiger partial charge in [0, 0.05) is 38.7 Å². The van der Waals surface area contributed by atoms with Crippen LogP contribution in [0, 0.1) is 5.92 Å². The van der Waals surface area contributed by atoms with Crippen molar-refractivity contribution in [3.05, 3.63) is 28.2 Å². The van der Waals surface area contributed by atoms with Gasteiger partial charge in [0.1, 0.15) is 5.69 Å². The number of aromatic nitrogens is 2. The number of hydrogen-bond donors (Lipinski definition) is 1. The summed E-state index contributed by atoms with van der Waals surface area (Å²) >= 11 is 0. The molecule has 2 fully saturated rings. The van der Waals surface area contributed by atoms with E-state index in [9.17, 15) is 14.4 Å². The van der Waals surface area contributed by atoms with Crippen LogP contribution in [0.3, 0.4) is 0 Å². The summed E-state index contributed by atoms with van der Waals surface area (Å²) in [5.74, 6) is 0.361. The maximum absolute atomic E-state index is 12.5. The number of aromatic amines is 1. The van der Waals surface area contributed by atoms with Gasteiger partial charge in [0.25, 0.3) is 11.5 Å². The smallest absolute Gasteiger partial charge is 0.274 e. The minimum Gasteiger partial charge on any atom is -0.342 e. The zero-order valence-corrected chi connectivity index (χ0v) is 12.6. The van der Waals surface area contributed by atoms with Gasteiger partial charge in [-0.3, -0.25) is 14.4 Å². The highest BCUT2D eigenvalue weighted by atomic mass is 16.2. The van der Waals surface area contributed by atoms with Gasteiger partial charge in [-0.25, -0.2) is 5.10 Å². The second-order valence-electron chi connectivity index (χ2n) is 6.07. The lowest BCUT2D eigenvalue weighted by molar-refractivity contribution is -0.132. The van der Waals surface area contributed by atoms with E-state index in [1.807, 2.05) is 11.9 Å². The zero-order chi connectivity index (χ0) is 15.7. The lowest BCUT2D eigenvalue weighted by Gasteiger charge is -2.41. The molecule has 2 aliphatic heterocycles. The van der Waals surface area contributed by atoms with Crippen LogP contribution in [-0.4, -0.2) is 58.0 Å². The van der Waals surface area contributed by atoms with Gasteiger partial charge in [-0.1, -0.05) is 0 Å². The van der Waals surface area contributed by atoms with E-state index in [-0.39, 0.29) is 29.1 Å².